The molecule has 3 aliphatic rings. The molecule has 2 nitrogen and oxygen atoms in total. The minimum absolute atomic E-state index is 0.816. The van der Waals surface area contributed by atoms with E-state index in [0.717, 1.165) is 25.0 Å². The van der Waals surface area contributed by atoms with E-state index in [1.54, 1.807) is 11.3 Å². The number of para-hydroxylation sites is 1. The summed E-state index contributed by atoms with van der Waals surface area (Å²) >= 11 is 0. The summed E-state index contributed by atoms with van der Waals surface area (Å²) < 4.78 is 0. The first-order valence-corrected chi connectivity index (χ1v) is 6.54. The van der Waals surface area contributed by atoms with Gasteiger partial charge in [-0.15, -0.1) is 0 Å². The maximum absolute atomic E-state index is 3.53. The molecule has 2 atom stereocenters. The lowest BCUT2D eigenvalue weighted by Crippen LogP contribution is -2.35. The van der Waals surface area contributed by atoms with Gasteiger partial charge in [-0.25, -0.2) is 0 Å². The fraction of sp³-hybridized carbons (Fsp3) is 0.571. The topological polar surface area (TPSA) is 15.3 Å². The van der Waals surface area contributed by atoms with Crippen molar-refractivity contribution in [3.05, 3.63) is 29.3 Å². The van der Waals surface area contributed by atoms with Crippen LogP contribution >= 0.6 is 0 Å². The molecule has 0 saturated heterocycles. The van der Waals surface area contributed by atoms with E-state index in [9.17, 15) is 0 Å². The van der Waals surface area contributed by atoms with Gasteiger partial charge in [0, 0.05) is 37.3 Å². The highest BCUT2D eigenvalue weighted by Crippen LogP contribution is 2.50. The van der Waals surface area contributed by atoms with Crippen molar-refractivity contribution < 1.29 is 0 Å². The number of rotatable bonds is 0. The van der Waals surface area contributed by atoms with E-state index in [1.807, 2.05) is 0 Å². The van der Waals surface area contributed by atoms with Gasteiger partial charge in [-0.05, 0) is 24.0 Å². The monoisotopic (exact) mass is 213 g/mol. The van der Waals surface area contributed by atoms with Crippen LogP contribution in [0.2, 0.25) is 0 Å². The van der Waals surface area contributed by atoms with E-state index >= 15 is 0 Å². The van der Waals surface area contributed by atoms with E-state index in [4.69, 9.17) is 0 Å². The van der Waals surface area contributed by atoms with Crippen LogP contribution in [0.3, 0.4) is 0 Å². The quantitative estimate of drug-likeness (QED) is 0.711. The predicted octanol–water partition coefficient (Wildman–Crippen LogP) is 2.25. The second kappa shape index (κ2) is 3.24. The van der Waals surface area contributed by atoms with Crippen LogP contribution in [0.1, 0.15) is 36.3 Å². The molecule has 0 spiro atoms. The molecule has 1 saturated carbocycles. The summed E-state index contributed by atoms with van der Waals surface area (Å²) in [4.78, 5) is 2.70. The maximum Gasteiger partial charge on any atom is 0.0451 e. The molecule has 0 amide bonds. The smallest absolute Gasteiger partial charge is 0.0451 e. The van der Waals surface area contributed by atoms with Crippen LogP contribution in [-0.2, 0) is 6.54 Å². The van der Waals surface area contributed by atoms with Crippen LogP contribution < -0.4 is 10.2 Å². The van der Waals surface area contributed by atoms with Crippen molar-refractivity contribution in [1.29, 1.82) is 0 Å². The summed E-state index contributed by atoms with van der Waals surface area (Å²) in [6.45, 7) is 3.39. The Balaban J connectivity index is 1.92. The first-order chi connectivity index (χ1) is 7.95. The number of anilines is 1. The predicted molar refractivity (Wildman–Crippen MR) is 65.9 cm³/mol. The molecule has 1 aromatic carbocycles. The zero-order valence-electron chi connectivity index (χ0n) is 9.58. The van der Waals surface area contributed by atoms with Crippen LogP contribution in [0.25, 0.3) is 0 Å². The molecule has 1 N–H and O–H groups in total. The molecule has 84 valence electrons. The van der Waals surface area contributed by atoms with Crippen molar-refractivity contribution in [3.63, 3.8) is 0 Å². The van der Waals surface area contributed by atoms with E-state index in [0.29, 0.717) is 0 Å². The van der Waals surface area contributed by atoms with Gasteiger partial charge < -0.3 is 10.2 Å². The summed E-state index contributed by atoms with van der Waals surface area (Å²) in [5.41, 5.74) is 4.75. The fourth-order valence-electron chi connectivity index (χ4n) is 3.95. The van der Waals surface area contributed by atoms with Gasteiger partial charge >= 0.3 is 0 Å². The van der Waals surface area contributed by atoms with E-state index in [2.05, 4.69) is 28.4 Å². The Bertz CT molecular complexity index is 427. The minimum atomic E-state index is 0.816. The van der Waals surface area contributed by atoms with Gasteiger partial charge in [0.05, 0.1) is 0 Å². The highest BCUT2D eigenvalue weighted by Gasteiger charge is 2.42. The van der Waals surface area contributed by atoms with Crippen molar-refractivity contribution in [2.45, 2.75) is 37.8 Å². The lowest BCUT2D eigenvalue weighted by molar-refractivity contribution is 0.578. The standard InChI is InChI=1S/C14H18N2/c1-3-10-9-15-7-8-16-13-6-2-4-11(13)12(5-1)14(10)16/h1,3,5,11,13,15H,2,4,6-9H2/t11-,13-/m1/s1/i9-1. The van der Waals surface area contributed by atoms with Crippen LogP contribution in [-0.4, -0.2) is 19.1 Å². The summed E-state index contributed by atoms with van der Waals surface area (Å²) in [5.74, 6) is 0.841. The van der Waals surface area contributed by atoms with E-state index < -0.39 is 0 Å². The van der Waals surface area contributed by atoms with Gasteiger partial charge in [0.1, 0.15) is 0 Å². The zero-order valence-corrected chi connectivity index (χ0v) is 9.58. The third-order valence-electron chi connectivity index (χ3n) is 4.56. The number of nitrogens with zero attached hydrogens (tertiary/aromatic N) is 1. The Kier molecular flexibility index (Phi) is 1.83. The number of hydrogen-bond acceptors (Lipinski definition) is 2. The molecule has 16 heavy (non-hydrogen) atoms. The third kappa shape index (κ3) is 1.06. The van der Waals surface area contributed by atoms with Gasteiger partial charge in [-0.1, -0.05) is 24.6 Å². The normalized spacial score (nSPS) is 31.1. The molecule has 1 aromatic rings. The minimum Gasteiger partial charge on any atom is -0.366 e. The second-order valence-electron chi connectivity index (χ2n) is 5.33. The molecular formula is C14H18N2. The van der Waals surface area contributed by atoms with E-state index in [-0.39, 0.29) is 0 Å². The molecule has 0 aromatic heterocycles. The number of fused-ring (bicyclic) bond motifs is 3. The first-order valence-electron chi connectivity index (χ1n) is 6.54. The molecule has 0 unspecified atom stereocenters. The van der Waals surface area contributed by atoms with E-state index in [1.165, 1.54) is 31.4 Å². The molecule has 4 rings (SSSR count). The van der Waals surface area contributed by atoms with Crippen molar-refractivity contribution in [3.8, 4) is 0 Å². The first kappa shape index (κ1) is 9.06. The van der Waals surface area contributed by atoms with Crippen molar-refractivity contribution in [2.24, 2.45) is 0 Å². The lowest BCUT2D eigenvalue weighted by Gasteiger charge is -2.26. The number of benzene rings is 1. The Labute approximate surface area is 96.6 Å². The lowest BCUT2D eigenvalue weighted by atomic mass is 9.87. The Hall–Kier alpha value is -1.02. The molecule has 2 heteroatoms. The second-order valence-corrected chi connectivity index (χ2v) is 5.33. The third-order valence-corrected chi connectivity index (χ3v) is 4.56. The van der Waals surface area contributed by atoms with Gasteiger partial charge in [0.25, 0.3) is 0 Å². The van der Waals surface area contributed by atoms with Gasteiger partial charge in [-0.2, -0.15) is 0 Å². The highest BCUT2D eigenvalue weighted by atomic mass is 15.2. The van der Waals surface area contributed by atoms with Gasteiger partial charge in [-0.3, -0.25) is 0 Å². The average molecular weight is 213 g/mol. The van der Waals surface area contributed by atoms with Gasteiger partial charge in [0.15, 0.2) is 0 Å². The van der Waals surface area contributed by atoms with Crippen molar-refractivity contribution >= 4 is 5.69 Å². The molecule has 2 aliphatic heterocycles. The Morgan fingerprint density at radius 1 is 1.25 bits per heavy atom. The summed E-state index contributed by atoms with van der Waals surface area (Å²) in [6.07, 6.45) is 4.23. The fourth-order valence-corrected chi connectivity index (χ4v) is 3.95. The van der Waals surface area contributed by atoms with Crippen LogP contribution in [0.15, 0.2) is 18.2 Å². The molecule has 0 radical (unpaired) electrons. The maximum atomic E-state index is 3.53. The Morgan fingerprint density at radius 3 is 3.25 bits per heavy atom. The molecule has 0 bridgehead atoms. The molecule has 1 fully saturated rings. The summed E-state index contributed by atoms with van der Waals surface area (Å²) in [5, 5.41) is 3.53. The number of nitrogens with one attached hydrogen (secondary N) is 1. The molecule has 1 aliphatic carbocycles. The van der Waals surface area contributed by atoms with Crippen LogP contribution in [0.4, 0.5) is 5.69 Å². The summed E-state index contributed by atoms with van der Waals surface area (Å²) in [7, 11) is 0. The van der Waals surface area contributed by atoms with Crippen molar-refractivity contribution in [2.75, 3.05) is 18.0 Å². The van der Waals surface area contributed by atoms with Gasteiger partial charge in [0.2, 0.25) is 0 Å². The Morgan fingerprint density at radius 2 is 2.25 bits per heavy atom. The number of hydrogen-bond donors (Lipinski definition) is 1. The van der Waals surface area contributed by atoms with Crippen LogP contribution in [0.5, 0.6) is 0 Å². The van der Waals surface area contributed by atoms with Crippen molar-refractivity contribution in [1.82, 2.24) is 5.32 Å². The average Bonchev–Trinajstić information content (AvgIpc) is 2.80. The largest absolute Gasteiger partial charge is 0.366 e. The van der Waals surface area contributed by atoms with Crippen LogP contribution in [0, 0.1) is 0 Å². The summed E-state index contributed by atoms with van der Waals surface area (Å²) in [6, 6.07) is 7.73. The molecular weight excluding hydrogens is 195 g/mol. The zero-order chi connectivity index (χ0) is 10.5. The molecule has 2 heterocycles. The highest BCUT2D eigenvalue weighted by molar-refractivity contribution is 5.67. The SMILES string of the molecule is c1cc2c3c(c1)[C@H]1CCC[C@H]1N3CCN[11CH2]2.